The van der Waals surface area contributed by atoms with Crippen molar-refractivity contribution < 1.29 is 0 Å². The molecule has 3 rings (SSSR count). The van der Waals surface area contributed by atoms with Crippen LogP contribution in [-0.4, -0.2) is 52.6 Å². The standard InChI is InChI=1S/C19H33N5/c1-15-6-5-9-23(13-15)18-12-17(20-14-21-18)22-16-7-10-24(11-8-16)19(2,3)4/h12,14-16H,5-11,13H2,1-4H3,(H,20,21,22). The summed E-state index contributed by atoms with van der Waals surface area (Å²) < 4.78 is 0. The van der Waals surface area contributed by atoms with Gasteiger partial charge in [-0.1, -0.05) is 6.92 Å². The highest BCUT2D eigenvalue weighted by Crippen LogP contribution is 2.25. The van der Waals surface area contributed by atoms with Gasteiger partial charge in [-0.3, -0.25) is 4.90 Å². The normalized spacial score (nSPS) is 24.2. The quantitative estimate of drug-likeness (QED) is 0.920. The second-order valence-corrected chi connectivity index (χ2v) is 8.53. The highest BCUT2D eigenvalue weighted by Gasteiger charge is 2.27. The minimum absolute atomic E-state index is 0.276. The summed E-state index contributed by atoms with van der Waals surface area (Å²) in [5.41, 5.74) is 0.276. The smallest absolute Gasteiger partial charge is 0.134 e. The zero-order valence-corrected chi connectivity index (χ0v) is 15.8. The van der Waals surface area contributed by atoms with Crippen molar-refractivity contribution >= 4 is 11.6 Å². The molecule has 0 saturated carbocycles. The van der Waals surface area contributed by atoms with Crippen LogP contribution in [0.3, 0.4) is 0 Å². The third kappa shape index (κ3) is 4.38. The Morgan fingerprint density at radius 3 is 2.50 bits per heavy atom. The summed E-state index contributed by atoms with van der Waals surface area (Å²) in [6.45, 7) is 13.8. The molecular formula is C19H33N5. The largest absolute Gasteiger partial charge is 0.367 e. The van der Waals surface area contributed by atoms with Crippen molar-refractivity contribution in [2.24, 2.45) is 5.92 Å². The lowest BCUT2D eigenvalue weighted by Crippen LogP contribution is -2.48. The van der Waals surface area contributed by atoms with E-state index in [0.717, 1.165) is 43.7 Å². The molecule has 0 amide bonds. The molecule has 5 nitrogen and oxygen atoms in total. The van der Waals surface area contributed by atoms with Crippen LogP contribution in [0.1, 0.15) is 53.4 Å². The summed E-state index contributed by atoms with van der Waals surface area (Å²) in [5.74, 6) is 2.81. The van der Waals surface area contributed by atoms with Crippen LogP contribution in [0.5, 0.6) is 0 Å². The molecule has 3 heterocycles. The summed E-state index contributed by atoms with van der Waals surface area (Å²) >= 11 is 0. The predicted molar refractivity (Wildman–Crippen MR) is 101 cm³/mol. The molecule has 1 aromatic heterocycles. The first-order valence-electron chi connectivity index (χ1n) is 9.50. The second-order valence-electron chi connectivity index (χ2n) is 8.53. The summed E-state index contributed by atoms with van der Waals surface area (Å²) in [6, 6.07) is 2.65. The fraction of sp³-hybridized carbons (Fsp3) is 0.789. The zero-order valence-electron chi connectivity index (χ0n) is 15.8. The number of rotatable bonds is 3. The van der Waals surface area contributed by atoms with Gasteiger partial charge in [0.1, 0.15) is 18.0 Å². The van der Waals surface area contributed by atoms with Gasteiger partial charge in [0, 0.05) is 43.8 Å². The molecule has 2 aliphatic heterocycles. The molecule has 1 N–H and O–H groups in total. The molecule has 5 heteroatoms. The summed E-state index contributed by atoms with van der Waals surface area (Å²) in [6.07, 6.45) is 6.66. The van der Waals surface area contributed by atoms with Crippen molar-refractivity contribution in [2.75, 3.05) is 36.4 Å². The molecule has 0 aliphatic carbocycles. The van der Waals surface area contributed by atoms with E-state index in [-0.39, 0.29) is 5.54 Å². The Hall–Kier alpha value is -1.36. The number of hydrogen-bond acceptors (Lipinski definition) is 5. The highest BCUT2D eigenvalue weighted by molar-refractivity contribution is 5.49. The van der Waals surface area contributed by atoms with Crippen molar-refractivity contribution in [3.8, 4) is 0 Å². The monoisotopic (exact) mass is 331 g/mol. The highest BCUT2D eigenvalue weighted by atomic mass is 15.2. The Bertz CT molecular complexity index is 531. The molecule has 24 heavy (non-hydrogen) atoms. The predicted octanol–water partition coefficient (Wildman–Crippen LogP) is 3.39. The maximum absolute atomic E-state index is 4.50. The fourth-order valence-corrected chi connectivity index (χ4v) is 3.90. The third-order valence-electron chi connectivity index (χ3n) is 5.43. The number of aromatic nitrogens is 2. The first-order valence-corrected chi connectivity index (χ1v) is 9.50. The summed E-state index contributed by atoms with van der Waals surface area (Å²) in [5, 5.41) is 3.64. The topological polar surface area (TPSA) is 44.3 Å². The Labute approximate surface area is 146 Å². The van der Waals surface area contributed by atoms with E-state index >= 15 is 0 Å². The van der Waals surface area contributed by atoms with Gasteiger partial charge in [0.25, 0.3) is 0 Å². The van der Waals surface area contributed by atoms with Gasteiger partial charge >= 0.3 is 0 Å². The lowest BCUT2D eigenvalue weighted by atomic mass is 9.98. The van der Waals surface area contributed by atoms with Gasteiger partial charge < -0.3 is 10.2 Å². The fourth-order valence-electron chi connectivity index (χ4n) is 3.90. The van der Waals surface area contributed by atoms with Gasteiger partial charge in [0.15, 0.2) is 0 Å². The minimum Gasteiger partial charge on any atom is -0.367 e. The van der Waals surface area contributed by atoms with Crippen molar-refractivity contribution in [3.05, 3.63) is 12.4 Å². The average Bonchev–Trinajstić information content (AvgIpc) is 2.55. The summed E-state index contributed by atoms with van der Waals surface area (Å²) in [7, 11) is 0. The Morgan fingerprint density at radius 1 is 1.08 bits per heavy atom. The molecule has 1 unspecified atom stereocenters. The van der Waals surface area contributed by atoms with Crippen LogP contribution >= 0.6 is 0 Å². The zero-order chi connectivity index (χ0) is 17.2. The van der Waals surface area contributed by atoms with E-state index in [4.69, 9.17) is 0 Å². The van der Waals surface area contributed by atoms with Crippen molar-refractivity contribution in [2.45, 2.75) is 65.0 Å². The van der Waals surface area contributed by atoms with E-state index in [2.05, 4.69) is 58.8 Å². The van der Waals surface area contributed by atoms with E-state index in [1.807, 2.05) is 0 Å². The van der Waals surface area contributed by atoms with Crippen molar-refractivity contribution in [3.63, 3.8) is 0 Å². The third-order valence-corrected chi connectivity index (χ3v) is 5.43. The number of likely N-dealkylation sites (tertiary alicyclic amines) is 1. The van der Waals surface area contributed by atoms with Crippen molar-refractivity contribution in [1.82, 2.24) is 14.9 Å². The molecule has 134 valence electrons. The lowest BCUT2D eigenvalue weighted by molar-refractivity contribution is 0.106. The van der Waals surface area contributed by atoms with Crippen LogP contribution in [0.15, 0.2) is 12.4 Å². The van der Waals surface area contributed by atoms with Gasteiger partial charge in [0.2, 0.25) is 0 Å². The SMILES string of the molecule is CC1CCCN(c2cc(NC3CCN(C(C)(C)C)CC3)ncn2)C1. The minimum atomic E-state index is 0.276. The Morgan fingerprint density at radius 2 is 1.83 bits per heavy atom. The Balaban J connectivity index is 1.57. The van der Waals surface area contributed by atoms with Crippen LogP contribution in [-0.2, 0) is 0 Å². The molecule has 0 aromatic carbocycles. The molecule has 0 radical (unpaired) electrons. The van der Waals surface area contributed by atoms with Gasteiger partial charge in [0.05, 0.1) is 0 Å². The van der Waals surface area contributed by atoms with E-state index in [1.165, 1.54) is 25.7 Å². The van der Waals surface area contributed by atoms with E-state index in [0.29, 0.717) is 6.04 Å². The molecule has 2 fully saturated rings. The molecule has 2 aliphatic rings. The number of hydrogen-bond donors (Lipinski definition) is 1. The summed E-state index contributed by atoms with van der Waals surface area (Å²) in [4.78, 5) is 13.9. The van der Waals surface area contributed by atoms with Crippen LogP contribution in [0.2, 0.25) is 0 Å². The molecular weight excluding hydrogens is 298 g/mol. The molecule has 2 saturated heterocycles. The number of piperidine rings is 2. The van der Waals surface area contributed by atoms with Gasteiger partial charge in [-0.15, -0.1) is 0 Å². The second kappa shape index (κ2) is 7.26. The molecule has 0 spiro atoms. The number of nitrogens with zero attached hydrogens (tertiary/aromatic N) is 4. The van der Waals surface area contributed by atoms with Crippen LogP contribution in [0.4, 0.5) is 11.6 Å². The first-order chi connectivity index (χ1) is 11.4. The van der Waals surface area contributed by atoms with Crippen LogP contribution < -0.4 is 10.2 Å². The Kier molecular flexibility index (Phi) is 5.28. The van der Waals surface area contributed by atoms with Crippen molar-refractivity contribution in [1.29, 1.82) is 0 Å². The number of anilines is 2. The van der Waals surface area contributed by atoms with E-state index < -0.39 is 0 Å². The first kappa shape index (κ1) is 17.5. The average molecular weight is 332 g/mol. The van der Waals surface area contributed by atoms with Crippen LogP contribution in [0.25, 0.3) is 0 Å². The maximum Gasteiger partial charge on any atom is 0.134 e. The van der Waals surface area contributed by atoms with E-state index in [1.54, 1.807) is 6.33 Å². The molecule has 0 bridgehead atoms. The van der Waals surface area contributed by atoms with Crippen LogP contribution in [0, 0.1) is 5.92 Å². The maximum atomic E-state index is 4.50. The van der Waals surface area contributed by atoms with Gasteiger partial charge in [-0.25, -0.2) is 9.97 Å². The van der Waals surface area contributed by atoms with Gasteiger partial charge in [-0.05, 0) is 52.4 Å². The lowest BCUT2D eigenvalue weighted by Gasteiger charge is -2.41. The number of nitrogens with one attached hydrogen (secondary N) is 1. The molecule has 1 aromatic rings. The van der Waals surface area contributed by atoms with Gasteiger partial charge in [-0.2, -0.15) is 0 Å². The van der Waals surface area contributed by atoms with E-state index in [9.17, 15) is 0 Å². The molecule has 1 atom stereocenters.